The van der Waals surface area contributed by atoms with Crippen LogP contribution in [0.4, 0.5) is 5.82 Å². The molecule has 0 fully saturated rings. The molecule has 0 saturated heterocycles. The van der Waals surface area contributed by atoms with Crippen LogP contribution in [0.1, 0.15) is 28.2 Å². The Kier molecular flexibility index (Phi) is 3.00. The Morgan fingerprint density at radius 1 is 1.18 bits per heavy atom. The van der Waals surface area contributed by atoms with Crippen LogP contribution in [0.5, 0.6) is 0 Å². The molecule has 0 unspecified atom stereocenters. The number of carbonyl (C=O) groups is 1. The summed E-state index contributed by atoms with van der Waals surface area (Å²) in [5, 5.41) is 13.9. The lowest BCUT2D eigenvalue weighted by atomic mass is 10.2. The van der Waals surface area contributed by atoms with Crippen LogP contribution in [-0.2, 0) is 12.8 Å². The summed E-state index contributed by atoms with van der Waals surface area (Å²) in [5.41, 5.74) is 3.69. The molecule has 2 N–H and O–H groups in total. The van der Waals surface area contributed by atoms with Crippen molar-refractivity contribution in [2.24, 2.45) is 0 Å². The minimum atomic E-state index is -0.197. The maximum Gasteiger partial charge on any atom is 0.277 e. The highest BCUT2D eigenvalue weighted by molar-refractivity contribution is 6.03. The number of nitrogens with one attached hydrogen (secondary N) is 2. The van der Waals surface area contributed by atoms with E-state index in [-0.39, 0.29) is 5.91 Å². The number of rotatable bonds is 3. The molecule has 4 rings (SSSR count). The lowest BCUT2D eigenvalue weighted by Crippen LogP contribution is -2.15. The molecule has 1 aliphatic rings. The molecule has 0 atom stereocenters. The van der Waals surface area contributed by atoms with Gasteiger partial charge in [-0.1, -0.05) is 18.2 Å². The SMILES string of the molecule is O=C(Nc1ccn[nH]1)c1nn(-c2ccccc2)c2c1CCC2. The number of anilines is 1. The predicted octanol–water partition coefficient (Wildman–Crippen LogP) is 2.34. The molecular weight excluding hydrogens is 278 g/mol. The number of hydrogen-bond donors (Lipinski definition) is 2. The van der Waals surface area contributed by atoms with Gasteiger partial charge in [-0.25, -0.2) is 4.68 Å². The molecule has 0 aliphatic heterocycles. The van der Waals surface area contributed by atoms with Crippen molar-refractivity contribution in [2.45, 2.75) is 19.3 Å². The van der Waals surface area contributed by atoms with Crippen LogP contribution in [0.2, 0.25) is 0 Å². The Morgan fingerprint density at radius 2 is 2.05 bits per heavy atom. The van der Waals surface area contributed by atoms with E-state index in [4.69, 9.17) is 0 Å². The van der Waals surface area contributed by atoms with Crippen LogP contribution in [0.25, 0.3) is 5.69 Å². The normalized spacial score (nSPS) is 13.1. The number of para-hydroxylation sites is 1. The van der Waals surface area contributed by atoms with Gasteiger partial charge < -0.3 is 5.32 Å². The number of benzene rings is 1. The summed E-state index contributed by atoms with van der Waals surface area (Å²) in [6, 6.07) is 11.6. The Balaban J connectivity index is 1.73. The molecule has 2 heterocycles. The summed E-state index contributed by atoms with van der Waals surface area (Å²) in [4.78, 5) is 12.5. The van der Waals surface area contributed by atoms with Crippen LogP contribution in [0, 0.1) is 0 Å². The van der Waals surface area contributed by atoms with E-state index in [0.29, 0.717) is 11.5 Å². The van der Waals surface area contributed by atoms with Crippen LogP contribution in [0.3, 0.4) is 0 Å². The van der Waals surface area contributed by atoms with Crippen molar-refractivity contribution in [2.75, 3.05) is 5.32 Å². The highest BCUT2D eigenvalue weighted by atomic mass is 16.2. The van der Waals surface area contributed by atoms with Crippen molar-refractivity contribution in [3.63, 3.8) is 0 Å². The lowest BCUT2D eigenvalue weighted by Gasteiger charge is -2.04. The zero-order valence-electron chi connectivity index (χ0n) is 11.9. The summed E-state index contributed by atoms with van der Waals surface area (Å²) < 4.78 is 1.89. The van der Waals surface area contributed by atoms with E-state index in [1.807, 2.05) is 35.0 Å². The Labute approximate surface area is 127 Å². The van der Waals surface area contributed by atoms with E-state index in [1.165, 1.54) is 0 Å². The van der Waals surface area contributed by atoms with Gasteiger partial charge in [-0.2, -0.15) is 10.2 Å². The average molecular weight is 293 g/mol. The molecule has 0 saturated carbocycles. The van der Waals surface area contributed by atoms with E-state index in [2.05, 4.69) is 20.6 Å². The first kappa shape index (κ1) is 12.8. The largest absolute Gasteiger partial charge is 0.306 e. The molecule has 0 bridgehead atoms. The number of aromatic amines is 1. The fourth-order valence-corrected chi connectivity index (χ4v) is 2.91. The molecule has 1 aromatic carbocycles. The van der Waals surface area contributed by atoms with Crippen molar-refractivity contribution in [1.29, 1.82) is 0 Å². The lowest BCUT2D eigenvalue weighted by molar-refractivity contribution is 0.102. The average Bonchev–Trinajstić information content (AvgIpc) is 3.25. The monoisotopic (exact) mass is 293 g/mol. The third kappa shape index (κ3) is 2.09. The van der Waals surface area contributed by atoms with Crippen LogP contribution in [-0.4, -0.2) is 25.9 Å². The van der Waals surface area contributed by atoms with Crippen molar-refractivity contribution < 1.29 is 4.79 Å². The topological polar surface area (TPSA) is 75.6 Å². The molecule has 22 heavy (non-hydrogen) atoms. The fraction of sp³-hybridized carbons (Fsp3) is 0.188. The fourth-order valence-electron chi connectivity index (χ4n) is 2.91. The van der Waals surface area contributed by atoms with Crippen molar-refractivity contribution in [1.82, 2.24) is 20.0 Å². The first-order valence-corrected chi connectivity index (χ1v) is 7.30. The highest BCUT2D eigenvalue weighted by Gasteiger charge is 2.27. The van der Waals surface area contributed by atoms with Crippen LogP contribution < -0.4 is 5.32 Å². The summed E-state index contributed by atoms with van der Waals surface area (Å²) >= 11 is 0. The van der Waals surface area contributed by atoms with E-state index in [0.717, 1.165) is 36.2 Å². The van der Waals surface area contributed by atoms with E-state index in [1.54, 1.807) is 12.3 Å². The van der Waals surface area contributed by atoms with Gasteiger partial charge in [0.05, 0.1) is 11.9 Å². The van der Waals surface area contributed by atoms with Gasteiger partial charge >= 0.3 is 0 Å². The number of aromatic nitrogens is 4. The third-order valence-corrected chi connectivity index (χ3v) is 3.89. The maximum atomic E-state index is 12.5. The molecule has 0 spiro atoms. The second kappa shape index (κ2) is 5.14. The van der Waals surface area contributed by atoms with Gasteiger partial charge in [-0.05, 0) is 31.4 Å². The minimum Gasteiger partial charge on any atom is -0.306 e. The van der Waals surface area contributed by atoms with Crippen molar-refractivity contribution in [3.05, 3.63) is 59.5 Å². The first-order valence-electron chi connectivity index (χ1n) is 7.30. The number of amides is 1. The van der Waals surface area contributed by atoms with E-state index < -0.39 is 0 Å². The second-order valence-corrected chi connectivity index (χ2v) is 5.30. The third-order valence-electron chi connectivity index (χ3n) is 3.89. The van der Waals surface area contributed by atoms with E-state index >= 15 is 0 Å². The number of H-pyrrole nitrogens is 1. The Hall–Kier alpha value is -2.89. The van der Waals surface area contributed by atoms with Crippen molar-refractivity contribution >= 4 is 11.7 Å². The summed E-state index contributed by atoms with van der Waals surface area (Å²) in [5.74, 6) is 0.378. The Bertz CT molecular complexity index is 805. The van der Waals surface area contributed by atoms with Gasteiger partial charge in [0.1, 0.15) is 5.82 Å². The number of hydrogen-bond acceptors (Lipinski definition) is 3. The molecule has 0 radical (unpaired) electrons. The van der Waals surface area contributed by atoms with Gasteiger partial charge in [0.2, 0.25) is 0 Å². The molecule has 6 heteroatoms. The molecule has 6 nitrogen and oxygen atoms in total. The first-order chi connectivity index (χ1) is 10.8. The van der Waals surface area contributed by atoms with Crippen LogP contribution in [0.15, 0.2) is 42.6 Å². The molecule has 1 amide bonds. The summed E-state index contributed by atoms with van der Waals surface area (Å²) in [7, 11) is 0. The van der Waals surface area contributed by atoms with Gasteiger partial charge in [-0.15, -0.1) is 0 Å². The molecule has 110 valence electrons. The minimum absolute atomic E-state index is 0.197. The van der Waals surface area contributed by atoms with E-state index in [9.17, 15) is 4.79 Å². The molecular formula is C16H15N5O. The van der Waals surface area contributed by atoms with Crippen molar-refractivity contribution in [3.8, 4) is 5.69 Å². The quantitative estimate of drug-likeness (QED) is 0.778. The molecule has 2 aromatic heterocycles. The maximum absolute atomic E-state index is 12.5. The molecule has 3 aromatic rings. The number of fused-ring (bicyclic) bond motifs is 1. The van der Waals surface area contributed by atoms with Gasteiger partial charge in [0, 0.05) is 17.3 Å². The summed E-state index contributed by atoms with van der Waals surface area (Å²) in [6.45, 7) is 0. The predicted molar refractivity (Wildman–Crippen MR) is 82.1 cm³/mol. The number of nitrogens with zero attached hydrogens (tertiary/aromatic N) is 3. The van der Waals surface area contributed by atoms with Gasteiger partial charge in [0.25, 0.3) is 5.91 Å². The van der Waals surface area contributed by atoms with Gasteiger partial charge in [0.15, 0.2) is 5.69 Å². The smallest absolute Gasteiger partial charge is 0.277 e. The summed E-state index contributed by atoms with van der Waals surface area (Å²) in [6.07, 6.45) is 4.51. The zero-order valence-corrected chi connectivity index (χ0v) is 11.9. The zero-order chi connectivity index (χ0) is 14.9. The number of carbonyl (C=O) groups excluding carboxylic acids is 1. The molecule has 1 aliphatic carbocycles. The van der Waals surface area contributed by atoms with Gasteiger partial charge in [-0.3, -0.25) is 9.89 Å². The Morgan fingerprint density at radius 3 is 2.82 bits per heavy atom. The standard InChI is InChI=1S/C16H15N5O/c22-16(18-14-9-10-17-19-14)15-12-7-4-8-13(12)21(20-15)11-5-2-1-3-6-11/h1-3,5-6,9-10H,4,7-8H2,(H2,17,18,19,22). The highest BCUT2D eigenvalue weighted by Crippen LogP contribution is 2.28. The van der Waals surface area contributed by atoms with Crippen LogP contribution >= 0.6 is 0 Å². The second-order valence-electron chi connectivity index (χ2n) is 5.30.